The highest BCUT2D eigenvalue weighted by molar-refractivity contribution is 9.10. The van der Waals surface area contributed by atoms with E-state index < -0.39 is 0 Å². The van der Waals surface area contributed by atoms with Crippen LogP contribution in [0.1, 0.15) is 15.9 Å². The second-order valence-corrected chi connectivity index (χ2v) is 5.58. The van der Waals surface area contributed by atoms with Gasteiger partial charge in [0.1, 0.15) is 5.82 Å². The summed E-state index contributed by atoms with van der Waals surface area (Å²) in [5, 5.41) is 0.582. The average molecular weight is 362 g/mol. The van der Waals surface area contributed by atoms with Crippen LogP contribution in [0.2, 0.25) is 10.0 Å². The van der Waals surface area contributed by atoms with Gasteiger partial charge >= 0.3 is 0 Å². The van der Waals surface area contributed by atoms with E-state index in [1.807, 2.05) is 0 Å². The second kappa shape index (κ2) is 6.04. The molecule has 0 amide bonds. The van der Waals surface area contributed by atoms with Gasteiger partial charge in [0.15, 0.2) is 5.78 Å². The summed E-state index contributed by atoms with van der Waals surface area (Å²) in [6, 6.07) is 9.11. The molecule has 0 N–H and O–H groups in total. The molecule has 0 aliphatic rings. The maximum atomic E-state index is 13.0. The summed E-state index contributed by atoms with van der Waals surface area (Å²) in [6.07, 6.45) is 0.126. The van der Waals surface area contributed by atoms with E-state index in [-0.39, 0.29) is 23.0 Å². The second-order valence-electron chi connectivity index (χ2n) is 3.94. The minimum absolute atomic E-state index is 0.126. The molecule has 5 heteroatoms. The lowest BCUT2D eigenvalue weighted by atomic mass is 10.0. The summed E-state index contributed by atoms with van der Waals surface area (Å²) in [7, 11) is 0. The first-order valence-corrected chi connectivity index (χ1v) is 6.95. The summed E-state index contributed by atoms with van der Waals surface area (Å²) >= 11 is 15.1. The number of carbonyl (C=O) groups is 1. The van der Waals surface area contributed by atoms with Crippen LogP contribution in [0.5, 0.6) is 0 Å². The minimum Gasteiger partial charge on any atom is -0.294 e. The van der Waals surface area contributed by atoms with Crippen molar-refractivity contribution in [3.63, 3.8) is 0 Å². The maximum Gasteiger partial charge on any atom is 0.168 e. The predicted molar refractivity (Wildman–Crippen MR) is 78.6 cm³/mol. The van der Waals surface area contributed by atoms with Gasteiger partial charge in [-0.05, 0) is 29.8 Å². The largest absolute Gasteiger partial charge is 0.294 e. The van der Waals surface area contributed by atoms with Gasteiger partial charge < -0.3 is 0 Å². The number of hydrogen-bond acceptors (Lipinski definition) is 1. The lowest BCUT2D eigenvalue weighted by molar-refractivity contribution is 0.0993. The van der Waals surface area contributed by atoms with Gasteiger partial charge in [0.25, 0.3) is 0 Å². The molecule has 0 atom stereocenters. The number of benzene rings is 2. The van der Waals surface area contributed by atoms with Crippen LogP contribution < -0.4 is 0 Å². The molecule has 0 spiro atoms. The van der Waals surface area contributed by atoms with Crippen LogP contribution in [-0.2, 0) is 6.42 Å². The zero-order valence-corrected chi connectivity index (χ0v) is 12.7. The summed E-state index contributed by atoms with van der Waals surface area (Å²) in [6.45, 7) is 0. The molecular weight excluding hydrogens is 354 g/mol. The predicted octanol–water partition coefficient (Wildman–Crippen LogP) is 5.32. The Labute approximate surface area is 128 Å². The summed E-state index contributed by atoms with van der Waals surface area (Å²) in [5.74, 6) is -0.524. The van der Waals surface area contributed by atoms with E-state index in [4.69, 9.17) is 23.2 Å². The van der Waals surface area contributed by atoms with Crippen molar-refractivity contribution in [1.29, 1.82) is 0 Å². The van der Waals surface area contributed by atoms with Crippen molar-refractivity contribution in [2.75, 3.05) is 0 Å². The van der Waals surface area contributed by atoms with Crippen molar-refractivity contribution in [3.8, 4) is 0 Å². The van der Waals surface area contributed by atoms with E-state index in [1.165, 1.54) is 12.1 Å². The van der Waals surface area contributed by atoms with E-state index in [9.17, 15) is 9.18 Å². The molecule has 0 heterocycles. The first-order valence-electron chi connectivity index (χ1n) is 5.40. The molecule has 0 bridgehead atoms. The van der Waals surface area contributed by atoms with Gasteiger partial charge in [-0.2, -0.15) is 0 Å². The molecule has 0 saturated heterocycles. The fourth-order valence-electron chi connectivity index (χ4n) is 1.65. The Bertz CT molecular complexity index is 643. The van der Waals surface area contributed by atoms with E-state index in [0.717, 1.165) is 0 Å². The van der Waals surface area contributed by atoms with Gasteiger partial charge in [0.05, 0.1) is 10.0 Å². The zero-order valence-electron chi connectivity index (χ0n) is 9.59. The van der Waals surface area contributed by atoms with Crippen molar-refractivity contribution in [1.82, 2.24) is 0 Å². The van der Waals surface area contributed by atoms with Crippen LogP contribution in [0, 0.1) is 5.82 Å². The Hall–Kier alpha value is -0.900. The Morgan fingerprint density at radius 3 is 2.63 bits per heavy atom. The topological polar surface area (TPSA) is 17.1 Å². The van der Waals surface area contributed by atoms with Crippen LogP contribution in [0.15, 0.2) is 40.9 Å². The first-order chi connectivity index (χ1) is 8.99. The molecule has 2 aromatic rings. The van der Waals surface area contributed by atoms with Gasteiger partial charge in [-0.1, -0.05) is 51.3 Å². The smallest absolute Gasteiger partial charge is 0.168 e. The number of hydrogen-bond donors (Lipinski definition) is 0. The Kier molecular flexibility index (Phi) is 4.61. The molecule has 2 rings (SSSR count). The molecule has 0 aliphatic carbocycles. The first kappa shape index (κ1) is 14.5. The monoisotopic (exact) mass is 360 g/mol. The molecule has 0 radical (unpaired) electrons. The Morgan fingerprint density at radius 2 is 1.95 bits per heavy atom. The molecule has 1 nitrogen and oxygen atoms in total. The fraction of sp³-hybridized carbons (Fsp3) is 0.0714. The summed E-state index contributed by atoms with van der Waals surface area (Å²) in [5.41, 5.74) is 1.06. The molecule has 98 valence electrons. The summed E-state index contributed by atoms with van der Waals surface area (Å²) in [4.78, 5) is 12.2. The van der Waals surface area contributed by atoms with Crippen LogP contribution in [0.3, 0.4) is 0 Å². The summed E-state index contributed by atoms with van der Waals surface area (Å²) < 4.78 is 13.5. The highest BCUT2D eigenvalue weighted by Crippen LogP contribution is 2.27. The highest BCUT2D eigenvalue weighted by Gasteiger charge is 2.14. The van der Waals surface area contributed by atoms with E-state index in [2.05, 4.69) is 15.9 Å². The lowest BCUT2D eigenvalue weighted by Gasteiger charge is -2.07. The quantitative estimate of drug-likeness (QED) is 0.676. The van der Waals surface area contributed by atoms with Crippen LogP contribution in [0.25, 0.3) is 0 Å². The highest BCUT2D eigenvalue weighted by atomic mass is 79.9. The average Bonchev–Trinajstić information content (AvgIpc) is 2.36. The standard InChI is InChI=1S/C14H8BrCl2FO/c15-11-7-9(18)5-4-8(11)6-13(19)10-2-1-3-12(16)14(10)17/h1-5,7H,6H2. The fourth-order valence-corrected chi connectivity index (χ4v) is 2.55. The third-order valence-corrected chi connectivity index (χ3v) is 4.18. The molecule has 0 aromatic heterocycles. The minimum atomic E-state index is -0.358. The van der Waals surface area contributed by atoms with Gasteiger partial charge in [-0.15, -0.1) is 0 Å². The van der Waals surface area contributed by atoms with Crippen molar-refractivity contribution in [3.05, 3.63) is 67.9 Å². The number of halogens is 4. The SMILES string of the molecule is O=C(Cc1ccc(F)cc1Br)c1cccc(Cl)c1Cl. The maximum absolute atomic E-state index is 13.0. The molecule has 0 aliphatic heterocycles. The van der Waals surface area contributed by atoms with Gasteiger partial charge in [-0.25, -0.2) is 4.39 Å². The number of carbonyl (C=O) groups excluding carboxylic acids is 1. The third kappa shape index (κ3) is 3.35. The Balaban J connectivity index is 2.28. The zero-order chi connectivity index (χ0) is 14.0. The van der Waals surface area contributed by atoms with Crippen molar-refractivity contribution >= 4 is 44.9 Å². The van der Waals surface area contributed by atoms with Crippen LogP contribution in [0.4, 0.5) is 4.39 Å². The lowest BCUT2D eigenvalue weighted by Crippen LogP contribution is -2.05. The van der Waals surface area contributed by atoms with E-state index in [0.29, 0.717) is 20.6 Å². The van der Waals surface area contributed by atoms with E-state index in [1.54, 1.807) is 24.3 Å². The third-order valence-electron chi connectivity index (χ3n) is 2.62. The van der Waals surface area contributed by atoms with Crippen molar-refractivity contribution in [2.24, 2.45) is 0 Å². The number of rotatable bonds is 3. The van der Waals surface area contributed by atoms with Crippen LogP contribution >= 0.6 is 39.1 Å². The normalized spacial score (nSPS) is 10.5. The van der Waals surface area contributed by atoms with Crippen molar-refractivity contribution in [2.45, 2.75) is 6.42 Å². The number of Topliss-reactive ketones (excluding diaryl/α,β-unsaturated/α-hetero) is 1. The molecular formula is C14H8BrCl2FO. The molecule has 0 saturated carbocycles. The van der Waals surface area contributed by atoms with Gasteiger partial charge in [0.2, 0.25) is 0 Å². The van der Waals surface area contributed by atoms with Crippen LogP contribution in [-0.4, -0.2) is 5.78 Å². The van der Waals surface area contributed by atoms with Gasteiger partial charge in [0, 0.05) is 16.5 Å². The molecule has 0 fully saturated rings. The van der Waals surface area contributed by atoms with Gasteiger partial charge in [-0.3, -0.25) is 4.79 Å². The Morgan fingerprint density at radius 1 is 1.21 bits per heavy atom. The molecule has 19 heavy (non-hydrogen) atoms. The molecule has 2 aromatic carbocycles. The van der Waals surface area contributed by atoms with Crippen molar-refractivity contribution < 1.29 is 9.18 Å². The number of ketones is 1. The molecule has 0 unspecified atom stereocenters. The van der Waals surface area contributed by atoms with E-state index >= 15 is 0 Å².